The van der Waals surface area contributed by atoms with Crippen molar-refractivity contribution in [3.63, 3.8) is 0 Å². The van der Waals surface area contributed by atoms with Crippen molar-refractivity contribution >= 4 is 33.4 Å². The SMILES string of the molecule is O=C(CC1CCC(=O)N1Cc1ccc(Cl)cc1)NS(=O)(=O)C(F)F. The van der Waals surface area contributed by atoms with Crippen LogP contribution in [0.5, 0.6) is 0 Å². The second-order valence-corrected chi connectivity index (χ2v) is 7.46. The van der Waals surface area contributed by atoms with Crippen molar-refractivity contribution in [2.75, 3.05) is 0 Å². The number of carbonyl (C=O) groups excluding carboxylic acids is 2. The summed E-state index contributed by atoms with van der Waals surface area (Å²) in [6, 6.07) is 6.24. The average Bonchev–Trinajstić information content (AvgIpc) is 2.81. The smallest absolute Gasteiger partial charge is 0.335 e. The fourth-order valence-electron chi connectivity index (χ4n) is 2.47. The van der Waals surface area contributed by atoms with Crippen LogP contribution in [-0.2, 0) is 26.2 Å². The van der Waals surface area contributed by atoms with Crippen molar-refractivity contribution in [2.45, 2.75) is 37.6 Å². The molecule has 1 N–H and O–H groups in total. The van der Waals surface area contributed by atoms with Crippen molar-refractivity contribution in [1.82, 2.24) is 9.62 Å². The Morgan fingerprint density at radius 2 is 1.96 bits per heavy atom. The van der Waals surface area contributed by atoms with E-state index in [9.17, 15) is 26.8 Å². The van der Waals surface area contributed by atoms with Crippen LogP contribution >= 0.6 is 11.6 Å². The number of halogens is 3. The number of hydrogen-bond donors (Lipinski definition) is 1. The number of benzene rings is 1. The van der Waals surface area contributed by atoms with E-state index in [4.69, 9.17) is 11.6 Å². The van der Waals surface area contributed by atoms with Gasteiger partial charge in [-0.15, -0.1) is 0 Å². The van der Waals surface area contributed by atoms with E-state index in [1.165, 1.54) is 9.62 Å². The first-order chi connectivity index (χ1) is 11.2. The molecule has 2 rings (SSSR count). The monoisotopic (exact) mass is 380 g/mol. The lowest BCUT2D eigenvalue weighted by Gasteiger charge is -2.24. The van der Waals surface area contributed by atoms with Gasteiger partial charge in [0.2, 0.25) is 11.8 Å². The van der Waals surface area contributed by atoms with Crippen LogP contribution in [-0.4, -0.2) is 36.9 Å². The topological polar surface area (TPSA) is 83.6 Å². The zero-order valence-electron chi connectivity index (χ0n) is 12.4. The standard InChI is InChI=1S/C14H15ClF2N2O4S/c15-10-3-1-9(2-4-10)8-19-11(5-6-13(19)21)7-12(20)18-24(22,23)14(16)17/h1-4,11,14H,5-8H2,(H,18,20). The van der Waals surface area contributed by atoms with Gasteiger partial charge in [-0.3, -0.25) is 9.59 Å². The fraction of sp³-hybridized carbons (Fsp3) is 0.429. The van der Waals surface area contributed by atoms with Gasteiger partial charge in [0.1, 0.15) is 0 Å². The Hall–Kier alpha value is -1.74. The van der Waals surface area contributed by atoms with E-state index in [0.29, 0.717) is 11.4 Å². The van der Waals surface area contributed by atoms with Crippen LogP contribution in [0.15, 0.2) is 24.3 Å². The van der Waals surface area contributed by atoms with E-state index < -0.39 is 27.7 Å². The summed E-state index contributed by atoms with van der Waals surface area (Å²) in [6.07, 6.45) is 0.215. The first-order valence-electron chi connectivity index (χ1n) is 7.05. The number of nitrogens with zero attached hydrogens (tertiary/aromatic N) is 1. The summed E-state index contributed by atoms with van der Waals surface area (Å²) in [4.78, 5) is 25.1. The number of alkyl halides is 2. The maximum absolute atomic E-state index is 12.3. The van der Waals surface area contributed by atoms with Gasteiger partial charge < -0.3 is 4.90 Å². The van der Waals surface area contributed by atoms with Gasteiger partial charge in [0.15, 0.2) is 0 Å². The van der Waals surface area contributed by atoms with Gasteiger partial charge in [-0.2, -0.15) is 8.78 Å². The van der Waals surface area contributed by atoms with Crippen molar-refractivity contribution in [3.8, 4) is 0 Å². The fourth-order valence-corrected chi connectivity index (χ4v) is 3.08. The molecule has 132 valence electrons. The first kappa shape index (κ1) is 18.6. The first-order valence-corrected chi connectivity index (χ1v) is 8.98. The van der Waals surface area contributed by atoms with Gasteiger partial charge in [0.05, 0.1) is 0 Å². The molecule has 1 aromatic rings. The molecule has 0 spiro atoms. The quantitative estimate of drug-likeness (QED) is 0.816. The van der Waals surface area contributed by atoms with Gasteiger partial charge >= 0.3 is 5.76 Å². The Bertz CT molecular complexity index is 725. The highest BCUT2D eigenvalue weighted by Crippen LogP contribution is 2.24. The number of hydrogen-bond acceptors (Lipinski definition) is 4. The van der Waals surface area contributed by atoms with Crippen molar-refractivity contribution < 1.29 is 26.8 Å². The molecular weight excluding hydrogens is 366 g/mol. The third-order valence-electron chi connectivity index (χ3n) is 3.63. The molecule has 1 aliphatic rings. The summed E-state index contributed by atoms with van der Waals surface area (Å²) < 4.78 is 47.9. The second kappa shape index (κ2) is 7.43. The molecule has 1 heterocycles. The number of carbonyl (C=O) groups is 2. The van der Waals surface area contributed by atoms with E-state index in [1.807, 2.05) is 0 Å². The van der Waals surface area contributed by atoms with E-state index in [1.54, 1.807) is 24.3 Å². The van der Waals surface area contributed by atoms with Gasteiger partial charge in [-0.1, -0.05) is 23.7 Å². The Labute approximate surface area is 142 Å². The summed E-state index contributed by atoms with van der Waals surface area (Å²) in [5, 5.41) is 0.541. The minimum Gasteiger partial charge on any atom is -0.335 e. The molecule has 0 bridgehead atoms. The summed E-state index contributed by atoms with van der Waals surface area (Å²) in [5.41, 5.74) is 0.792. The molecule has 2 amide bonds. The maximum Gasteiger partial charge on any atom is 0.355 e. The largest absolute Gasteiger partial charge is 0.355 e. The van der Waals surface area contributed by atoms with Gasteiger partial charge in [-0.05, 0) is 24.1 Å². The molecule has 24 heavy (non-hydrogen) atoms. The molecule has 6 nitrogen and oxygen atoms in total. The van der Waals surface area contributed by atoms with Crippen LogP contribution in [0, 0.1) is 0 Å². The highest BCUT2D eigenvalue weighted by atomic mass is 35.5. The predicted molar refractivity (Wildman–Crippen MR) is 82.7 cm³/mol. The van der Waals surface area contributed by atoms with Gasteiger partial charge in [-0.25, -0.2) is 13.1 Å². The number of sulfonamides is 1. The third kappa shape index (κ3) is 4.64. The minimum atomic E-state index is -4.98. The molecule has 0 aromatic heterocycles. The van der Waals surface area contributed by atoms with E-state index >= 15 is 0 Å². The zero-order chi connectivity index (χ0) is 17.9. The zero-order valence-corrected chi connectivity index (χ0v) is 14.0. The van der Waals surface area contributed by atoms with Gasteiger partial charge in [0.25, 0.3) is 10.0 Å². The van der Waals surface area contributed by atoms with Gasteiger partial charge in [0, 0.05) is 30.5 Å². The van der Waals surface area contributed by atoms with Crippen molar-refractivity contribution in [1.29, 1.82) is 0 Å². The number of amides is 2. The molecule has 1 atom stereocenters. The summed E-state index contributed by atoms with van der Waals surface area (Å²) in [5.74, 6) is -4.92. The lowest BCUT2D eigenvalue weighted by atomic mass is 10.1. The number of nitrogens with one attached hydrogen (secondary N) is 1. The number of rotatable bonds is 6. The predicted octanol–water partition coefficient (Wildman–Crippen LogP) is 1.89. The molecule has 1 unspecified atom stereocenters. The molecule has 1 fully saturated rings. The van der Waals surface area contributed by atoms with E-state index in [-0.39, 0.29) is 25.3 Å². The lowest BCUT2D eigenvalue weighted by molar-refractivity contribution is -0.130. The van der Waals surface area contributed by atoms with E-state index in [0.717, 1.165) is 5.56 Å². The molecule has 0 aliphatic carbocycles. The molecule has 0 saturated carbocycles. The summed E-state index contributed by atoms with van der Waals surface area (Å²) in [7, 11) is -4.98. The van der Waals surface area contributed by atoms with Crippen molar-refractivity contribution in [2.24, 2.45) is 0 Å². The molecular formula is C14H15ClF2N2O4S. The highest BCUT2D eigenvalue weighted by molar-refractivity contribution is 7.90. The lowest BCUT2D eigenvalue weighted by Crippen LogP contribution is -2.40. The molecule has 1 saturated heterocycles. The normalized spacial score (nSPS) is 18.2. The van der Waals surface area contributed by atoms with Crippen molar-refractivity contribution in [3.05, 3.63) is 34.9 Å². The minimum absolute atomic E-state index is 0.181. The van der Waals surface area contributed by atoms with Crippen LogP contribution < -0.4 is 4.72 Å². The Morgan fingerprint density at radius 3 is 2.54 bits per heavy atom. The Kier molecular flexibility index (Phi) is 5.76. The van der Waals surface area contributed by atoms with Crippen LogP contribution in [0.2, 0.25) is 5.02 Å². The Balaban J connectivity index is 2.02. The summed E-state index contributed by atoms with van der Waals surface area (Å²) in [6.45, 7) is 0.232. The third-order valence-corrected chi connectivity index (χ3v) is 4.86. The molecule has 0 radical (unpaired) electrons. The van der Waals surface area contributed by atoms with Crippen LogP contribution in [0.3, 0.4) is 0 Å². The Morgan fingerprint density at radius 1 is 1.33 bits per heavy atom. The number of likely N-dealkylation sites (tertiary alicyclic amines) is 1. The van der Waals surface area contributed by atoms with Crippen LogP contribution in [0.4, 0.5) is 8.78 Å². The maximum atomic E-state index is 12.3. The molecule has 1 aromatic carbocycles. The molecule has 1 aliphatic heterocycles. The highest BCUT2D eigenvalue weighted by Gasteiger charge is 2.34. The second-order valence-electron chi connectivity index (χ2n) is 5.38. The average molecular weight is 381 g/mol. The molecule has 10 heteroatoms. The van der Waals surface area contributed by atoms with E-state index in [2.05, 4.69) is 0 Å². The summed E-state index contributed by atoms with van der Waals surface area (Å²) >= 11 is 5.79. The van der Waals surface area contributed by atoms with Crippen LogP contribution in [0.25, 0.3) is 0 Å². The van der Waals surface area contributed by atoms with Crippen LogP contribution in [0.1, 0.15) is 24.8 Å².